The molecule has 0 fully saturated rings. The first-order valence-electron chi connectivity index (χ1n) is 5.69. The van der Waals surface area contributed by atoms with Crippen molar-refractivity contribution >= 4 is 11.9 Å². The Bertz CT molecular complexity index is 487. The van der Waals surface area contributed by atoms with E-state index in [9.17, 15) is 0 Å². The van der Waals surface area contributed by atoms with Crippen LogP contribution in [0.4, 0.5) is 5.69 Å². The van der Waals surface area contributed by atoms with Gasteiger partial charge in [0.05, 0.1) is 20.3 Å². The van der Waals surface area contributed by atoms with Crippen LogP contribution < -0.4 is 4.59 Å². The number of para-hydroxylation sites is 1. The largest absolute Gasteiger partial charge is 0.171 e. The Balaban J connectivity index is 2.21. The van der Waals surface area contributed by atoms with Gasteiger partial charge < -0.3 is 0 Å². The zero-order chi connectivity index (χ0) is 12.1. The van der Waals surface area contributed by atoms with Crippen molar-refractivity contribution < 1.29 is 0 Å². The van der Waals surface area contributed by atoms with E-state index in [2.05, 4.69) is 43.5 Å². The van der Waals surface area contributed by atoms with Crippen molar-refractivity contribution in [1.82, 2.24) is 4.59 Å². The van der Waals surface area contributed by atoms with Crippen LogP contribution >= 0.6 is 0 Å². The molecule has 2 aromatic rings. The quantitative estimate of drug-likeness (QED) is 0.432. The maximum Gasteiger partial charge on any atom is 0.158 e. The normalized spacial score (nSPS) is 11.9. The Kier molecular flexibility index (Phi) is 3.35. The lowest BCUT2D eigenvalue weighted by Gasteiger charge is -2.21. The first kappa shape index (κ1) is 11.6. The molecular weight excluding hydrogens is 208 g/mol. The summed E-state index contributed by atoms with van der Waals surface area (Å²) < 4.78 is 0.496. The standard InChI is InChI=1S/C15H17N2/c1-17(2,15-11-7-4-8-12-15)16-13-14-9-5-3-6-10-14/h3-13H,1-2H3/q+1/b16-13+. The molecule has 2 aromatic carbocycles. The minimum atomic E-state index is 0.496. The van der Waals surface area contributed by atoms with Crippen molar-refractivity contribution in [3.05, 3.63) is 66.2 Å². The van der Waals surface area contributed by atoms with Crippen LogP contribution in [0.25, 0.3) is 0 Å². The molecule has 0 atom stereocenters. The van der Waals surface area contributed by atoms with Crippen molar-refractivity contribution in [2.24, 2.45) is 5.10 Å². The molecule has 0 spiro atoms. The van der Waals surface area contributed by atoms with Gasteiger partial charge in [0.1, 0.15) is 0 Å². The number of hydrogen-bond acceptors (Lipinski definition) is 1. The van der Waals surface area contributed by atoms with Crippen molar-refractivity contribution in [3.8, 4) is 0 Å². The second kappa shape index (κ2) is 4.93. The third kappa shape index (κ3) is 3.02. The molecule has 2 nitrogen and oxygen atoms in total. The lowest BCUT2D eigenvalue weighted by Crippen LogP contribution is -2.33. The van der Waals surface area contributed by atoms with E-state index in [1.807, 2.05) is 42.6 Å². The van der Waals surface area contributed by atoms with Crippen LogP contribution in [0.15, 0.2) is 65.8 Å². The molecule has 17 heavy (non-hydrogen) atoms. The summed E-state index contributed by atoms with van der Waals surface area (Å²) in [7, 11) is 4.13. The van der Waals surface area contributed by atoms with E-state index < -0.39 is 0 Å². The van der Waals surface area contributed by atoms with Crippen LogP contribution in [0.5, 0.6) is 0 Å². The van der Waals surface area contributed by atoms with E-state index >= 15 is 0 Å². The minimum Gasteiger partial charge on any atom is -0.171 e. The molecule has 0 bridgehead atoms. The first-order valence-corrected chi connectivity index (χ1v) is 5.69. The Labute approximate surface area is 102 Å². The second-order valence-electron chi connectivity index (χ2n) is 4.39. The van der Waals surface area contributed by atoms with Gasteiger partial charge >= 0.3 is 0 Å². The molecule has 0 N–H and O–H groups in total. The second-order valence-corrected chi connectivity index (χ2v) is 4.39. The van der Waals surface area contributed by atoms with Crippen molar-refractivity contribution in [2.75, 3.05) is 14.1 Å². The number of rotatable bonds is 3. The summed E-state index contributed by atoms with van der Waals surface area (Å²) in [6.07, 6.45) is 1.91. The van der Waals surface area contributed by atoms with Gasteiger partial charge in [-0.3, -0.25) is 0 Å². The van der Waals surface area contributed by atoms with Crippen LogP contribution in [-0.2, 0) is 0 Å². The number of hydrogen-bond donors (Lipinski definition) is 0. The predicted octanol–water partition coefficient (Wildman–Crippen LogP) is 3.29. The summed E-state index contributed by atoms with van der Waals surface area (Å²) in [5.41, 5.74) is 2.29. The van der Waals surface area contributed by atoms with E-state index in [-0.39, 0.29) is 0 Å². The summed E-state index contributed by atoms with van der Waals surface area (Å²) in [6, 6.07) is 20.4. The SMILES string of the molecule is C[N+](C)(/N=C/c1ccccc1)c1ccccc1. The van der Waals surface area contributed by atoms with Gasteiger partial charge in [0.15, 0.2) is 5.69 Å². The maximum atomic E-state index is 4.61. The van der Waals surface area contributed by atoms with Crippen molar-refractivity contribution in [2.45, 2.75) is 0 Å². The fraction of sp³-hybridized carbons (Fsp3) is 0.133. The summed E-state index contributed by atoms with van der Waals surface area (Å²) in [5.74, 6) is 0. The van der Waals surface area contributed by atoms with Gasteiger partial charge in [0.25, 0.3) is 0 Å². The van der Waals surface area contributed by atoms with Gasteiger partial charge in [-0.2, -0.15) is 4.59 Å². The van der Waals surface area contributed by atoms with Crippen LogP contribution in [0.3, 0.4) is 0 Å². The fourth-order valence-electron chi connectivity index (χ4n) is 1.61. The lowest BCUT2D eigenvalue weighted by atomic mass is 10.2. The highest BCUT2D eigenvalue weighted by atomic mass is 15.6. The molecule has 0 saturated heterocycles. The third-order valence-electron chi connectivity index (χ3n) is 2.68. The average Bonchev–Trinajstić information content (AvgIpc) is 2.39. The fourth-order valence-corrected chi connectivity index (χ4v) is 1.61. The maximum absolute atomic E-state index is 4.61. The Morgan fingerprint density at radius 1 is 0.824 bits per heavy atom. The summed E-state index contributed by atoms with van der Waals surface area (Å²) >= 11 is 0. The monoisotopic (exact) mass is 225 g/mol. The van der Waals surface area contributed by atoms with E-state index in [0.29, 0.717) is 4.59 Å². The Morgan fingerprint density at radius 3 is 1.94 bits per heavy atom. The minimum absolute atomic E-state index is 0.496. The highest BCUT2D eigenvalue weighted by molar-refractivity contribution is 5.79. The summed E-state index contributed by atoms with van der Waals surface area (Å²) in [5, 5.41) is 4.61. The molecule has 0 saturated carbocycles. The first-order chi connectivity index (χ1) is 8.18. The molecular formula is C15H17N2+. The third-order valence-corrected chi connectivity index (χ3v) is 2.68. The van der Waals surface area contributed by atoms with Crippen molar-refractivity contribution in [3.63, 3.8) is 0 Å². The van der Waals surface area contributed by atoms with Crippen LogP contribution in [-0.4, -0.2) is 20.3 Å². The molecule has 0 amide bonds. The number of benzene rings is 2. The average molecular weight is 225 g/mol. The molecule has 0 aliphatic carbocycles. The van der Waals surface area contributed by atoms with Crippen LogP contribution in [0, 0.1) is 0 Å². The Hall–Kier alpha value is -1.93. The lowest BCUT2D eigenvalue weighted by molar-refractivity contribution is 0.426. The highest BCUT2D eigenvalue weighted by Gasteiger charge is 2.16. The molecule has 0 aromatic heterocycles. The Morgan fingerprint density at radius 2 is 1.35 bits per heavy atom. The summed E-state index contributed by atoms with van der Waals surface area (Å²) in [4.78, 5) is 0. The molecule has 0 aliphatic rings. The van der Waals surface area contributed by atoms with Gasteiger partial charge in [-0.1, -0.05) is 53.6 Å². The van der Waals surface area contributed by atoms with Crippen LogP contribution in [0.1, 0.15) is 5.56 Å². The van der Waals surface area contributed by atoms with Gasteiger partial charge in [-0.15, -0.1) is 0 Å². The van der Waals surface area contributed by atoms with Crippen LogP contribution in [0.2, 0.25) is 0 Å². The van der Waals surface area contributed by atoms with E-state index in [4.69, 9.17) is 0 Å². The van der Waals surface area contributed by atoms with E-state index in [0.717, 1.165) is 5.56 Å². The van der Waals surface area contributed by atoms with Gasteiger partial charge in [0, 0.05) is 12.1 Å². The summed E-state index contributed by atoms with van der Waals surface area (Å²) in [6.45, 7) is 0. The van der Waals surface area contributed by atoms with E-state index in [1.54, 1.807) is 0 Å². The molecule has 2 rings (SSSR count). The number of quaternary nitrogens is 1. The predicted molar refractivity (Wildman–Crippen MR) is 74.1 cm³/mol. The molecule has 0 radical (unpaired) electrons. The molecule has 0 unspecified atom stereocenters. The molecule has 2 heteroatoms. The zero-order valence-electron chi connectivity index (χ0n) is 10.2. The molecule has 0 aliphatic heterocycles. The van der Waals surface area contributed by atoms with Crippen molar-refractivity contribution in [1.29, 1.82) is 0 Å². The highest BCUT2D eigenvalue weighted by Crippen LogP contribution is 2.18. The molecule has 86 valence electrons. The zero-order valence-corrected chi connectivity index (χ0v) is 10.2. The van der Waals surface area contributed by atoms with Gasteiger partial charge in [0.2, 0.25) is 0 Å². The smallest absolute Gasteiger partial charge is 0.158 e. The van der Waals surface area contributed by atoms with E-state index in [1.165, 1.54) is 5.69 Å². The van der Waals surface area contributed by atoms with Gasteiger partial charge in [-0.05, 0) is 5.56 Å². The molecule has 0 heterocycles. The topological polar surface area (TPSA) is 12.4 Å². The number of nitrogens with zero attached hydrogens (tertiary/aromatic N) is 2. The van der Waals surface area contributed by atoms with Gasteiger partial charge in [-0.25, -0.2) is 0 Å².